The average Bonchev–Trinajstić information content (AvgIpc) is 2.82. The number of nitrogens with zero attached hydrogens (tertiary/aromatic N) is 2. The first-order valence-corrected chi connectivity index (χ1v) is 12.1. The van der Waals surface area contributed by atoms with E-state index in [1.165, 1.54) is 0 Å². The highest BCUT2D eigenvalue weighted by Crippen LogP contribution is 2.23. The van der Waals surface area contributed by atoms with Gasteiger partial charge in [-0.1, -0.05) is 19.4 Å². The van der Waals surface area contributed by atoms with Crippen LogP contribution in [0.1, 0.15) is 38.2 Å². The first-order valence-electron chi connectivity index (χ1n) is 10.7. The molecule has 176 valence electrons. The summed E-state index contributed by atoms with van der Waals surface area (Å²) in [6.45, 7) is 2.60. The van der Waals surface area contributed by atoms with Gasteiger partial charge in [0.1, 0.15) is 11.5 Å². The lowest BCUT2D eigenvalue weighted by Crippen LogP contribution is -2.46. The predicted molar refractivity (Wildman–Crippen MR) is 141 cm³/mol. The molecule has 7 nitrogen and oxygen atoms in total. The highest BCUT2D eigenvalue weighted by atomic mass is 127. The van der Waals surface area contributed by atoms with Crippen LogP contribution < -0.4 is 20.1 Å². The normalized spacial score (nSPS) is 19.4. The molecule has 32 heavy (non-hydrogen) atoms. The molecule has 1 saturated carbocycles. The van der Waals surface area contributed by atoms with Crippen molar-refractivity contribution in [3.63, 3.8) is 0 Å². The minimum atomic E-state index is -0.730. The number of hydrogen-bond acceptors (Lipinski definition) is 5. The molecule has 0 amide bonds. The molecule has 3 atom stereocenters. The molecule has 9 heteroatoms. The van der Waals surface area contributed by atoms with E-state index in [-0.39, 0.29) is 29.2 Å². The standard InChI is InChI=1S/C23H32N4O3S.HI/c1-4-31(28)21-7-5-6-18(14-21)27-23(24-2)26-16-17-8-13-22(25-15-17)30-20-11-9-19(29-3)10-12-20;/h8-13,15,18,21H,4-7,14,16H2,1-3H3,(H2,24,26,27);1H. The van der Waals surface area contributed by atoms with Crippen LogP contribution in [0.25, 0.3) is 0 Å². The third kappa shape index (κ3) is 7.91. The molecule has 2 N–H and O–H groups in total. The smallest absolute Gasteiger partial charge is 0.219 e. The summed E-state index contributed by atoms with van der Waals surface area (Å²) in [7, 11) is 2.67. The number of pyridine rings is 1. The zero-order chi connectivity index (χ0) is 22.1. The molecule has 0 spiro atoms. The Bertz CT molecular complexity index is 878. The van der Waals surface area contributed by atoms with E-state index in [0.717, 1.165) is 48.7 Å². The maximum absolute atomic E-state index is 12.2. The lowest BCUT2D eigenvalue weighted by molar-refractivity contribution is 0.412. The third-order valence-corrected chi connectivity index (χ3v) is 7.13. The van der Waals surface area contributed by atoms with Crippen molar-refractivity contribution in [1.82, 2.24) is 15.6 Å². The van der Waals surface area contributed by atoms with Gasteiger partial charge >= 0.3 is 0 Å². The summed E-state index contributed by atoms with van der Waals surface area (Å²) in [5.41, 5.74) is 1.03. The number of halogens is 1. The van der Waals surface area contributed by atoms with Crippen LogP contribution in [0.4, 0.5) is 0 Å². The van der Waals surface area contributed by atoms with Gasteiger partial charge in [0.2, 0.25) is 5.88 Å². The van der Waals surface area contributed by atoms with Gasteiger partial charge in [0.25, 0.3) is 0 Å². The van der Waals surface area contributed by atoms with Gasteiger partial charge in [-0.15, -0.1) is 24.0 Å². The number of ether oxygens (including phenoxy) is 2. The molecule has 1 fully saturated rings. The van der Waals surface area contributed by atoms with Crippen molar-refractivity contribution < 1.29 is 13.7 Å². The fourth-order valence-electron chi connectivity index (χ4n) is 3.66. The van der Waals surface area contributed by atoms with Gasteiger partial charge in [0.15, 0.2) is 5.96 Å². The van der Waals surface area contributed by atoms with Crippen LogP contribution >= 0.6 is 24.0 Å². The third-order valence-electron chi connectivity index (χ3n) is 5.39. The van der Waals surface area contributed by atoms with Gasteiger partial charge in [-0.05, 0) is 49.1 Å². The predicted octanol–water partition coefficient (Wildman–Crippen LogP) is 4.25. The molecule has 3 rings (SSSR count). The van der Waals surface area contributed by atoms with Crippen molar-refractivity contribution in [2.75, 3.05) is 19.9 Å². The number of aromatic nitrogens is 1. The summed E-state index contributed by atoms with van der Waals surface area (Å²) >= 11 is 0. The summed E-state index contributed by atoms with van der Waals surface area (Å²) in [6, 6.07) is 11.5. The Balaban J connectivity index is 0.00000363. The lowest BCUT2D eigenvalue weighted by Gasteiger charge is -2.30. The van der Waals surface area contributed by atoms with E-state index >= 15 is 0 Å². The van der Waals surface area contributed by atoms with Crippen LogP contribution in [0, 0.1) is 0 Å². The number of methoxy groups -OCH3 is 1. The fourth-order valence-corrected chi connectivity index (χ4v) is 5.01. The Morgan fingerprint density at radius 2 is 1.94 bits per heavy atom. The van der Waals surface area contributed by atoms with Crippen molar-refractivity contribution in [2.24, 2.45) is 4.99 Å². The van der Waals surface area contributed by atoms with Crippen LogP contribution in [0.3, 0.4) is 0 Å². The molecule has 1 heterocycles. The molecule has 1 aromatic carbocycles. The number of guanidine groups is 1. The quantitative estimate of drug-likeness (QED) is 0.280. The maximum Gasteiger partial charge on any atom is 0.219 e. The minimum Gasteiger partial charge on any atom is -0.497 e. The summed E-state index contributed by atoms with van der Waals surface area (Å²) < 4.78 is 23.1. The average molecular weight is 573 g/mol. The molecule has 1 aromatic heterocycles. The number of hydrogen-bond donors (Lipinski definition) is 2. The zero-order valence-electron chi connectivity index (χ0n) is 18.9. The first-order chi connectivity index (χ1) is 15.1. The Kier molecular flexibility index (Phi) is 11.2. The molecule has 1 aliphatic rings. The second-order valence-electron chi connectivity index (χ2n) is 7.51. The van der Waals surface area contributed by atoms with Crippen molar-refractivity contribution in [1.29, 1.82) is 0 Å². The van der Waals surface area contributed by atoms with Crippen molar-refractivity contribution >= 4 is 40.7 Å². The molecular formula is C23H33IN4O3S. The number of nitrogens with one attached hydrogen (secondary N) is 2. The molecule has 1 aliphatic carbocycles. The molecule has 0 saturated heterocycles. The fraction of sp³-hybridized carbons (Fsp3) is 0.478. The van der Waals surface area contributed by atoms with Crippen LogP contribution in [0.15, 0.2) is 47.6 Å². The lowest BCUT2D eigenvalue weighted by atomic mass is 9.95. The van der Waals surface area contributed by atoms with Crippen LogP contribution in [0.2, 0.25) is 0 Å². The van der Waals surface area contributed by atoms with E-state index in [9.17, 15) is 4.21 Å². The van der Waals surface area contributed by atoms with Gasteiger partial charge in [-0.25, -0.2) is 4.98 Å². The van der Waals surface area contributed by atoms with Gasteiger partial charge < -0.3 is 20.1 Å². The molecular weight excluding hydrogens is 539 g/mol. The monoisotopic (exact) mass is 572 g/mol. The Morgan fingerprint density at radius 1 is 1.19 bits per heavy atom. The molecule has 2 aromatic rings. The van der Waals surface area contributed by atoms with E-state index in [1.807, 2.05) is 43.3 Å². The van der Waals surface area contributed by atoms with E-state index in [4.69, 9.17) is 9.47 Å². The Morgan fingerprint density at radius 3 is 2.56 bits per heavy atom. The largest absolute Gasteiger partial charge is 0.497 e. The zero-order valence-corrected chi connectivity index (χ0v) is 22.0. The van der Waals surface area contributed by atoms with E-state index in [0.29, 0.717) is 24.2 Å². The summed E-state index contributed by atoms with van der Waals surface area (Å²) in [4.78, 5) is 8.73. The van der Waals surface area contributed by atoms with E-state index < -0.39 is 10.8 Å². The van der Waals surface area contributed by atoms with Crippen LogP contribution in [0.5, 0.6) is 17.4 Å². The number of benzene rings is 1. The SMILES string of the molecule is CCS(=O)C1CCCC(NC(=NC)NCc2ccc(Oc3ccc(OC)cc3)nc2)C1.I. The topological polar surface area (TPSA) is 84.8 Å². The Labute approximate surface area is 210 Å². The number of rotatable bonds is 8. The summed E-state index contributed by atoms with van der Waals surface area (Å²) in [5, 5.41) is 7.12. The molecule has 0 radical (unpaired) electrons. The Hall–Kier alpha value is -1.88. The van der Waals surface area contributed by atoms with Gasteiger partial charge in [0, 0.05) is 53.7 Å². The van der Waals surface area contributed by atoms with E-state index in [1.54, 1.807) is 20.4 Å². The van der Waals surface area contributed by atoms with Gasteiger partial charge in [0.05, 0.1) is 7.11 Å². The summed E-state index contributed by atoms with van der Waals surface area (Å²) in [6.07, 6.45) is 5.96. The number of aliphatic imine (C=N–C) groups is 1. The minimum absolute atomic E-state index is 0. The highest BCUT2D eigenvalue weighted by Gasteiger charge is 2.26. The molecule has 0 bridgehead atoms. The van der Waals surface area contributed by atoms with Crippen LogP contribution in [-0.4, -0.2) is 46.4 Å². The van der Waals surface area contributed by atoms with E-state index in [2.05, 4.69) is 20.6 Å². The van der Waals surface area contributed by atoms with Gasteiger partial charge in [-0.2, -0.15) is 0 Å². The van der Waals surface area contributed by atoms with Crippen molar-refractivity contribution in [3.8, 4) is 17.4 Å². The second-order valence-corrected chi connectivity index (χ2v) is 9.51. The van der Waals surface area contributed by atoms with Crippen molar-refractivity contribution in [3.05, 3.63) is 48.2 Å². The highest BCUT2D eigenvalue weighted by molar-refractivity contribution is 14.0. The molecule has 3 unspecified atom stereocenters. The first kappa shape index (κ1) is 26.4. The van der Waals surface area contributed by atoms with Crippen molar-refractivity contribution in [2.45, 2.75) is 50.4 Å². The second kappa shape index (κ2) is 13.6. The summed E-state index contributed by atoms with van der Waals surface area (Å²) in [5.74, 6) is 3.51. The van der Waals surface area contributed by atoms with Gasteiger partial charge in [-0.3, -0.25) is 9.20 Å². The molecule has 0 aliphatic heterocycles. The maximum atomic E-state index is 12.2. The van der Waals surface area contributed by atoms with Crippen LogP contribution in [-0.2, 0) is 17.3 Å².